The summed E-state index contributed by atoms with van der Waals surface area (Å²) in [5.74, 6) is 0. The quantitative estimate of drug-likeness (QED) is 0.0475. The first-order chi connectivity index (χ1) is 36.8. The number of ether oxygens (including phenoxy) is 10. The molecule has 0 amide bonds. The van der Waals surface area contributed by atoms with Crippen molar-refractivity contribution in [1.29, 1.82) is 0 Å². The van der Waals surface area contributed by atoms with Gasteiger partial charge in [-0.2, -0.15) is 0 Å². The minimum Gasteiger partial charge on any atom is -0.756 e. The highest BCUT2D eigenvalue weighted by Crippen LogP contribution is 2.44. The third kappa shape index (κ3) is 15.6. The standard InChI is InChI=1S/C36H63O34P.C6H15N/c37-1-7-13(42)17(46)22(51)32(61-7)68-29-15(44)9(3-39)63-34(25(29)54)67-28-11(5-41)64-36(24(53)20(28)49)70-71(57,58)59-6-12-16(45)30(69-33-23(52)18(47)14(43)8(2-38)62-33)26(55)35(65-12)66-27-10(4-40)60-31(56)21(50)19(27)48;1-4-7(5-2)6-3/h7-56H,1-6H2,(H,57,58);4-6H2,1-3H3/t7-,8-,9-,10-,11-,12-,13+,14+,15+,16+,17+,18+,19-,20-,21+,22-,23-,24+,25-,26-,27-,28-,29+,30+,31+,32+,33+,34+,35+,36-;/m1./s1. The molecule has 6 rings (SSSR count). The number of phosphoric ester groups is 1. The molecular formula is C42H78NO34P. The summed E-state index contributed by atoms with van der Waals surface area (Å²) in [5.41, 5.74) is 0. The second-order valence-corrected chi connectivity index (χ2v) is 20.5. The number of hydrogen-bond acceptors (Lipinski definition) is 34. The van der Waals surface area contributed by atoms with Crippen molar-refractivity contribution in [3.05, 3.63) is 0 Å². The fourth-order valence-corrected chi connectivity index (χ4v) is 10.1. The van der Waals surface area contributed by atoms with E-state index < -0.39 is 232 Å². The summed E-state index contributed by atoms with van der Waals surface area (Å²) in [6, 6.07) is 0. The van der Waals surface area contributed by atoms with Gasteiger partial charge in [-0.3, -0.25) is 9.09 Å². The molecule has 6 aliphatic heterocycles. The molecule has 78 heavy (non-hydrogen) atoms. The monoisotopic (exact) mass is 1170 g/mol. The molecular weight excluding hydrogens is 1090 g/mol. The summed E-state index contributed by atoms with van der Waals surface area (Å²) in [6.07, 6.45) is -60.8. The van der Waals surface area contributed by atoms with Crippen molar-refractivity contribution in [3.63, 3.8) is 0 Å². The molecule has 0 bridgehead atoms. The maximum absolute atomic E-state index is 13.3. The SMILES string of the molecule is CC[NH+](CC)CC.O=P([O-])(OC[C@H]1O[C@@H](O[C@H]2[C@H](O)[C@H](O)[C@@H](O)O[C@@H]2CO)[C@H](O)[C@@H](O[C@@H]2O[C@H](CO)[C@H](O)[C@H](O)[C@H]2O)[C@H]1O)O[C@H]1O[C@H](CO)[C@@H](O[C@@H]2O[C@H](CO)[C@H](O)[C@H](O[C@@H]3O[C@H](CO)[C@H](O)[C@H](O)[C@H]3O)[C@H]2O)[C@H](O)[C@@H]1O. The Labute approximate surface area is 444 Å². The molecule has 0 aromatic rings. The lowest BCUT2D eigenvalue weighted by Gasteiger charge is -2.48. The van der Waals surface area contributed by atoms with Gasteiger partial charge >= 0.3 is 0 Å². The Kier molecular flexibility index (Phi) is 26.1. The highest BCUT2D eigenvalue weighted by atomic mass is 31.2. The van der Waals surface area contributed by atoms with Crippen LogP contribution in [0.25, 0.3) is 0 Å². The number of aliphatic hydroxyl groups excluding tert-OH is 20. The number of nitrogens with one attached hydrogen (secondary N) is 1. The van der Waals surface area contributed by atoms with Crippen molar-refractivity contribution >= 4 is 7.82 Å². The van der Waals surface area contributed by atoms with Gasteiger partial charge in [-0.1, -0.05) is 0 Å². The minimum absolute atomic E-state index is 0.888. The van der Waals surface area contributed by atoms with Gasteiger partial charge in [0.1, 0.15) is 146 Å². The summed E-state index contributed by atoms with van der Waals surface area (Å²) in [7, 11) is -5.92. The summed E-state index contributed by atoms with van der Waals surface area (Å²) < 4.78 is 77.1. The molecule has 36 heteroatoms. The first-order valence-corrected chi connectivity index (χ1v) is 26.5. The topological polar surface area (TPSA) is 560 Å². The van der Waals surface area contributed by atoms with Crippen LogP contribution in [-0.2, 0) is 61.0 Å². The van der Waals surface area contributed by atoms with Crippen molar-refractivity contribution < 1.29 is 173 Å². The van der Waals surface area contributed by atoms with Crippen molar-refractivity contribution in [1.82, 2.24) is 0 Å². The van der Waals surface area contributed by atoms with Gasteiger partial charge in [0.05, 0.1) is 59.3 Å². The Morgan fingerprint density at radius 3 is 1.09 bits per heavy atom. The molecule has 0 aliphatic carbocycles. The van der Waals surface area contributed by atoms with E-state index >= 15 is 0 Å². The summed E-state index contributed by atoms with van der Waals surface area (Å²) in [6.45, 7) is 4.11. The van der Waals surface area contributed by atoms with E-state index in [-0.39, 0.29) is 0 Å². The number of quaternary nitrogens is 1. The second-order valence-electron chi connectivity index (χ2n) is 19.1. The molecule has 21 N–H and O–H groups in total. The van der Waals surface area contributed by atoms with Crippen LogP contribution in [0, 0.1) is 0 Å². The van der Waals surface area contributed by atoms with Crippen LogP contribution in [0.1, 0.15) is 20.8 Å². The van der Waals surface area contributed by atoms with Crippen LogP contribution in [0.2, 0.25) is 0 Å². The predicted octanol–water partition coefficient (Wildman–Crippen LogP) is -14.7. The molecule has 0 radical (unpaired) electrons. The van der Waals surface area contributed by atoms with Crippen LogP contribution in [0.4, 0.5) is 0 Å². The molecule has 6 saturated heterocycles. The van der Waals surface area contributed by atoms with Gasteiger partial charge in [0.15, 0.2) is 37.7 Å². The van der Waals surface area contributed by atoms with Crippen LogP contribution in [0.15, 0.2) is 0 Å². The molecule has 0 aromatic carbocycles. The molecule has 6 fully saturated rings. The molecule has 0 spiro atoms. The average Bonchev–Trinajstić information content (AvgIpc) is 3.45. The highest BCUT2D eigenvalue weighted by Gasteiger charge is 2.57. The van der Waals surface area contributed by atoms with E-state index in [1.165, 1.54) is 19.6 Å². The number of hydrogen-bond donors (Lipinski definition) is 21. The van der Waals surface area contributed by atoms with Crippen molar-refractivity contribution in [2.75, 3.05) is 59.3 Å². The van der Waals surface area contributed by atoms with E-state index in [2.05, 4.69) is 20.8 Å². The number of rotatable bonds is 21. The van der Waals surface area contributed by atoms with E-state index in [0.29, 0.717) is 0 Å². The van der Waals surface area contributed by atoms with Crippen molar-refractivity contribution in [2.45, 2.75) is 205 Å². The first kappa shape index (κ1) is 67.7. The number of aliphatic hydroxyl groups is 20. The molecule has 35 nitrogen and oxygen atoms in total. The maximum atomic E-state index is 13.3. The largest absolute Gasteiger partial charge is 0.756 e. The summed E-state index contributed by atoms with van der Waals surface area (Å²) in [4.78, 5) is 15.0. The van der Waals surface area contributed by atoms with E-state index in [4.69, 9.17) is 56.4 Å². The molecule has 0 aromatic heterocycles. The summed E-state index contributed by atoms with van der Waals surface area (Å²) in [5, 5.41) is 209. The zero-order valence-corrected chi connectivity index (χ0v) is 43.2. The van der Waals surface area contributed by atoms with Gasteiger partial charge in [0.2, 0.25) is 0 Å². The van der Waals surface area contributed by atoms with Crippen LogP contribution < -0.4 is 9.79 Å². The molecule has 31 atom stereocenters. The van der Waals surface area contributed by atoms with E-state index in [0.717, 1.165) is 0 Å². The molecule has 0 saturated carbocycles. The zero-order valence-electron chi connectivity index (χ0n) is 42.3. The van der Waals surface area contributed by atoms with Gasteiger partial charge in [0, 0.05) is 0 Å². The molecule has 6 aliphatic rings. The third-order valence-electron chi connectivity index (χ3n) is 14.1. The fourth-order valence-electron chi connectivity index (χ4n) is 9.23. The lowest BCUT2D eigenvalue weighted by Crippen LogP contribution is -3.11. The third-order valence-corrected chi connectivity index (χ3v) is 15.0. The van der Waals surface area contributed by atoms with Crippen LogP contribution in [-0.4, -0.2) is 346 Å². The Balaban J connectivity index is 0.00000150. The van der Waals surface area contributed by atoms with Gasteiger partial charge in [-0.25, -0.2) is 0 Å². The fraction of sp³-hybridized carbons (Fsp3) is 1.00. The van der Waals surface area contributed by atoms with Crippen molar-refractivity contribution in [2.24, 2.45) is 0 Å². The van der Waals surface area contributed by atoms with E-state index in [9.17, 15) is 112 Å². The van der Waals surface area contributed by atoms with Gasteiger partial charge in [0.25, 0.3) is 7.82 Å². The van der Waals surface area contributed by atoms with Gasteiger partial charge < -0.3 is 164 Å². The maximum Gasteiger partial charge on any atom is 0.270 e. The molecule has 1 unspecified atom stereocenters. The first-order valence-electron chi connectivity index (χ1n) is 25.1. The molecule has 6 heterocycles. The van der Waals surface area contributed by atoms with E-state index in [1.807, 2.05) is 0 Å². The minimum atomic E-state index is -5.92. The van der Waals surface area contributed by atoms with E-state index in [1.54, 1.807) is 4.90 Å². The summed E-state index contributed by atoms with van der Waals surface area (Å²) >= 11 is 0. The Bertz CT molecular complexity index is 1790. The average molecular weight is 1170 g/mol. The predicted molar refractivity (Wildman–Crippen MR) is 240 cm³/mol. The highest BCUT2D eigenvalue weighted by molar-refractivity contribution is 7.45. The normalized spacial score (nSPS) is 48.2. The second kappa shape index (κ2) is 30.1. The lowest BCUT2D eigenvalue weighted by atomic mass is 9.96. The van der Waals surface area contributed by atoms with Crippen molar-refractivity contribution in [3.8, 4) is 0 Å². The smallest absolute Gasteiger partial charge is 0.270 e. The Morgan fingerprint density at radius 2 is 0.692 bits per heavy atom. The Morgan fingerprint density at radius 1 is 0.372 bits per heavy atom. The zero-order chi connectivity index (χ0) is 58.2. The lowest BCUT2D eigenvalue weighted by molar-refractivity contribution is -0.894. The van der Waals surface area contributed by atoms with Gasteiger partial charge in [-0.15, -0.1) is 0 Å². The van der Waals surface area contributed by atoms with Crippen LogP contribution >= 0.6 is 7.82 Å². The Hall–Kier alpha value is -1.13. The van der Waals surface area contributed by atoms with Gasteiger partial charge in [-0.05, 0) is 20.8 Å². The van der Waals surface area contributed by atoms with Crippen LogP contribution in [0.5, 0.6) is 0 Å². The number of phosphoric acid groups is 1. The molecule has 460 valence electrons. The van der Waals surface area contributed by atoms with Crippen LogP contribution in [0.3, 0.4) is 0 Å².